The largest absolute Gasteiger partial charge is 1.00 e. The molecule has 0 aliphatic heterocycles. The summed E-state index contributed by atoms with van der Waals surface area (Å²) in [5.41, 5.74) is 0. The molecule has 0 heterocycles. The Morgan fingerprint density at radius 3 is 2.38 bits per heavy atom. The van der Waals surface area contributed by atoms with E-state index in [0.717, 1.165) is 12.8 Å². The predicted molar refractivity (Wildman–Crippen MR) is 29.2 cm³/mol. The van der Waals surface area contributed by atoms with Gasteiger partial charge in [0.25, 0.3) is 0 Å². The Labute approximate surface area is 62.0 Å². The third kappa shape index (κ3) is 2.45. The van der Waals surface area contributed by atoms with Crippen molar-refractivity contribution in [2.24, 2.45) is 0 Å². The Bertz CT molecular complexity index is 88.5. The van der Waals surface area contributed by atoms with E-state index in [1.165, 1.54) is 12.8 Å². The molecule has 2 heteroatoms. The average molecular weight is 105 g/mol. The molecule has 0 unspecified atom stereocenters. The summed E-state index contributed by atoms with van der Waals surface area (Å²) in [7, 11) is 0. The fourth-order valence-corrected chi connectivity index (χ4v) is 0.821. The first-order valence-corrected chi connectivity index (χ1v) is 2.77. The zero-order valence-electron chi connectivity index (χ0n) is 5.35. The van der Waals surface area contributed by atoms with Gasteiger partial charge in [0.05, 0.1) is 5.76 Å². The van der Waals surface area contributed by atoms with Crippen LogP contribution >= 0.6 is 0 Å². The molecule has 8 heavy (non-hydrogen) atoms. The van der Waals surface area contributed by atoms with E-state index in [-0.39, 0.29) is 18.9 Å². The fraction of sp³-hybridized carbons (Fsp3) is 0.667. The average Bonchev–Trinajstić information content (AvgIpc) is 1.69. The van der Waals surface area contributed by atoms with Gasteiger partial charge in [0, 0.05) is 6.42 Å². The Balaban J connectivity index is 0.000000490. The number of aliphatic hydroxyl groups excluding tert-OH is 1. The molecular formula is C6H10LiO+. The Hall–Kier alpha value is 0.137. The van der Waals surface area contributed by atoms with E-state index in [1.807, 2.05) is 6.08 Å². The molecule has 1 N–H and O–H groups in total. The number of allylic oxidation sites excluding steroid dienone is 2. The third-order valence-electron chi connectivity index (χ3n) is 1.27. The monoisotopic (exact) mass is 105 g/mol. The Kier molecular flexibility index (Phi) is 4.13. The summed E-state index contributed by atoms with van der Waals surface area (Å²) in [5.74, 6) is 0.589. The number of rotatable bonds is 0. The van der Waals surface area contributed by atoms with Gasteiger partial charge >= 0.3 is 18.9 Å². The van der Waals surface area contributed by atoms with Crippen molar-refractivity contribution >= 4 is 0 Å². The minimum atomic E-state index is 0. The van der Waals surface area contributed by atoms with E-state index >= 15 is 0 Å². The Morgan fingerprint density at radius 1 is 1.38 bits per heavy atom. The number of hydrogen-bond donors (Lipinski definition) is 1. The standard InChI is InChI=1S/C6H10O.Li/c7-6-4-2-1-3-5-6;/h4,7H,1-3,5H2;/q;+1. The summed E-state index contributed by atoms with van der Waals surface area (Å²) >= 11 is 0. The molecule has 0 atom stereocenters. The molecule has 0 aromatic heterocycles. The molecule has 0 aromatic carbocycles. The maximum Gasteiger partial charge on any atom is 1.00 e. The van der Waals surface area contributed by atoms with Crippen LogP contribution in [0.2, 0.25) is 0 Å². The van der Waals surface area contributed by atoms with Crippen molar-refractivity contribution in [3.8, 4) is 0 Å². The Morgan fingerprint density at radius 2 is 2.12 bits per heavy atom. The first kappa shape index (κ1) is 8.14. The second kappa shape index (κ2) is 4.06. The number of hydrogen-bond acceptors (Lipinski definition) is 1. The van der Waals surface area contributed by atoms with Gasteiger partial charge in [-0.25, -0.2) is 0 Å². The molecule has 1 nitrogen and oxygen atoms in total. The molecule has 0 spiro atoms. The molecule has 40 valence electrons. The molecule has 1 aliphatic rings. The molecule has 1 aliphatic carbocycles. The smallest absolute Gasteiger partial charge is 0.513 e. The van der Waals surface area contributed by atoms with Gasteiger partial charge in [0.2, 0.25) is 0 Å². The maximum atomic E-state index is 8.77. The van der Waals surface area contributed by atoms with Crippen LogP contribution in [-0.4, -0.2) is 5.11 Å². The van der Waals surface area contributed by atoms with Crippen molar-refractivity contribution in [3.63, 3.8) is 0 Å². The van der Waals surface area contributed by atoms with Gasteiger partial charge in [-0.3, -0.25) is 0 Å². The second-order valence-corrected chi connectivity index (χ2v) is 1.94. The minimum absolute atomic E-state index is 0. The van der Waals surface area contributed by atoms with Gasteiger partial charge in [0.15, 0.2) is 0 Å². The van der Waals surface area contributed by atoms with E-state index in [1.54, 1.807) is 0 Å². The summed E-state index contributed by atoms with van der Waals surface area (Å²) < 4.78 is 0. The fourth-order valence-electron chi connectivity index (χ4n) is 0.821. The van der Waals surface area contributed by atoms with Crippen molar-refractivity contribution < 1.29 is 24.0 Å². The summed E-state index contributed by atoms with van der Waals surface area (Å²) in [6, 6.07) is 0. The zero-order chi connectivity index (χ0) is 5.11. The second-order valence-electron chi connectivity index (χ2n) is 1.94. The maximum absolute atomic E-state index is 8.77. The van der Waals surface area contributed by atoms with Crippen molar-refractivity contribution in [3.05, 3.63) is 11.8 Å². The summed E-state index contributed by atoms with van der Waals surface area (Å²) in [6.07, 6.45) is 6.31. The molecule has 0 aromatic rings. The molecule has 0 saturated carbocycles. The molecular weight excluding hydrogens is 95.0 g/mol. The van der Waals surface area contributed by atoms with Gasteiger partial charge in [-0.05, 0) is 25.3 Å². The molecule has 1 rings (SSSR count). The number of aliphatic hydroxyl groups is 1. The summed E-state index contributed by atoms with van der Waals surface area (Å²) in [5, 5.41) is 8.77. The van der Waals surface area contributed by atoms with Crippen molar-refractivity contribution in [2.45, 2.75) is 25.7 Å². The third-order valence-corrected chi connectivity index (χ3v) is 1.27. The van der Waals surface area contributed by atoms with Crippen molar-refractivity contribution in [2.75, 3.05) is 0 Å². The molecule has 0 saturated heterocycles. The molecule has 0 amide bonds. The van der Waals surface area contributed by atoms with Crippen LogP contribution in [0.25, 0.3) is 0 Å². The first-order valence-electron chi connectivity index (χ1n) is 2.77. The van der Waals surface area contributed by atoms with Crippen LogP contribution in [0.1, 0.15) is 25.7 Å². The first-order chi connectivity index (χ1) is 3.39. The molecule has 0 radical (unpaired) electrons. The SMILES string of the molecule is OC1=CCCCC1.[Li+]. The van der Waals surface area contributed by atoms with Crippen LogP contribution in [0.4, 0.5) is 0 Å². The van der Waals surface area contributed by atoms with Gasteiger partial charge in [-0.1, -0.05) is 0 Å². The van der Waals surface area contributed by atoms with E-state index in [2.05, 4.69) is 0 Å². The zero-order valence-corrected chi connectivity index (χ0v) is 5.35. The summed E-state index contributed by atoms with van der Waals surface area (Å²) in [4.78, 5) is 0. The van der Waals surface area contributed by atoms with Gasteiger partial charge in [-0.2, -0.15) is 0 Å². The minimum Gasteiger partial charge on any atom is -0.513 e. The van der Waals surface area contributed by atoms with Crippen molar-refractivity contribution in [1.82, 2.24) is 0 Å². The van der Waals surface area contributed by atoms with Gasteiger partial charge < -0.3 is 5.11 Å². The van der Waals surface area contributed by atoms with E-state index < -0.39 is 0 Å². The van der Waals surface area contributed by atoms with Crippen LogP contribution in [0.15, 0.2) is 11.8 Å². The van der Waals surface area contributed by atoms with E-state index in [4.69, 9.17) is 5.11 Å². The van der Waals surface area contributed by atoms with E-state index in [9.17, 15) is 0 Å². The quantitative estimate of drug-likeness (QED) is 0.392. The van der Waals surface area contributed by atoms with Crippen LogP contribution in [0.5, 0.6) is 0 Å². The normalized spacial score (nSPS) is 18.8. The van der Waals surface area contributed by atoms with Crippen LogP contribution in [0, 0.1) is 0 Å². The van der Waals surface area contributed by atoms with Crippen molar-refractivity contribution in [1.29, 1.82) is 0 Å². The summed E-state index contributed by atoms with van der Waals surface area (Å²) in [6.45, 7) is 0. The predicted octanol–water partition coefficient (Wildman–Crippen LogP) is -0.994. The van der Waals surface area contributed by atoms with Crippen LogP contribution in [0.3, 0.4) is 0 Å². The van der Waals surface area contributed by atoms with E-state index in [0.29, 0.717) is 5.76 Å². The topological polar surface area (TPSA) is 20.2 Å². The van der Waals surface area contributed by atoms with Gasteiger partial charge in [-0.15, -0.1) is 0 Å². The van der Waals surface area contributed by atoms with Crippen LogP contribution < -0.4 is 18.9 Å². The van der Waals surface area contributed by atoms with Crippen LogP contribution in [-0.2, 0) is 0 Å². The van der Waals surface area contributed by atoms with Gasteiger partial charge in [0.1, 0.15) is 0 Å². The molecule has 0 fully saturated rings. The molecule has 0 bridgehead atoms.